The number of amides is 1. The molecule has 0 radical (unpaired) electrons. The van der Waals surface area contributed by atoms with Crippen LogP contribution in [-0.4, -0.2) is 47.1 Å². The fourth-order valence-corrected chi connectivity index (χ4v) is 3.59. The third-order valence-electron chi connectivity index (χ3n) is 5.00. The van der Waals surface area contributed by atoms with E-state index in [0.29, 0.717) is 18.4 Å². The number of carbonyl (C=O) groups excluding carboxylic acids is 1. The minimum absolute atomic E-state index is 0.0476. The van der Waals surface area contributed by atoms with Crippen LogP contribution >= 0.6 is 0 Å². The number of pyridine rings is 1. The molecule has 1 atom stereocenters. The predicted molar refractivity (Wildman–Crippen MR) is 90.3 cm³/mol. The van der Waals surface area contributed by atoms with E-state index in [1.165, 1.54) is 0 Å². The van der Waals surface area contributed by atoms with Gasteiger partial charge in [-0.25, -0.2) is 4.98 Å². The highest BCUT2D eigenvalue weighted by atomic mass is 16.5. The Balaban J connectivity index is 1.48. The summed E-state index contributed by atoms with van der Waals surface area (Å²) in [6.45, 7) is 4.51. The van der Waals surface area contributed by atoms with E-state index in [2.05, 4.69) is 17.2 Å². The van der Waals surface area contributed by atoms with Crippen molar-refractivity contribution in [3.8, 4) is 0 Å². The van der Waals surface area contributed by atoms with Gasteiger partial charge in [0.2, 0.25) is 5.91 Å². The lowest BCUT2D eigenvalue weighted by Gasteiger charge is -2.38. The van der Waals surface area contributed by atoms with Crippen LogP contribution in [0.2, 0.25) is 0 Å². The van der Waals surface area contributed by atoms with Crippen molar-refractivity contribution in [1.82, 2.24) is 9.88 Å². The maximum Gasteiger partial charge on any atom is 0.222 e. The third kappa shape index (κ3) is 4.02. The zero-order chi connectivity index (χ0) is 16.1. The predicted octanol–water partition coefficient (Wildman–Crippen LogP) is 2.83. The Morgan fingerprint density at radius 1 is 1.43 bits per heavy atom. The summed E-state index contributed by atoms with van der Waals surface area (Å²) < 4.78 is 6.15. The molecule has 2 aliphatic heterocycles. The van der Waals surface area contributed by atoms with Crippen molar-refractivity contribution in [2.45, 2.75) is 57.1 Å². The molecule has 0 saturated carbocycles. The molecule has 2 saturated heterocycles. The molecule has 0 unspecified atom stereocenters. The lowest BCUT2D eigenvalue weighted by Crippen LogP contribution is -2.46. The molecule has 1 N–H and O–H groups in total. The van der Waals surface area contributed by atoms with Crippen molar-refractivity contribution in [2.24, 2.45) is 0 Å². The molecule has 0 aliphatic carbocycles. The van der Waals surface area contributed by atoms with E-state index in [0.717, 1.165) is 57.6 Å². The van der Waals surface area contributed by atoms with Crippen LogP contribution in [-0.2, 0) is 9.53 Å². The normalized spacial score (nSPS) is 23.2. The highest BCUT2D eigenvalue weighted by Crippen LogP contribution is 2.36. The molecule has 1 amide bonds. The van der Waals surface area contributed by atoms with Crippen LogP contribution in [0.1, 0.15) is 45.4 Å². The van der Waals surface area contributed by atoms with Gasteiger partial charge in [-0.3, -0.25) is 4.79 Å². The zero-order valence-corrected chi connectivity index (χ0v) is 14.0. The number of carbonyl (C=O) groups is 1. The first kappa shape index (κ1) is 16.2. The second-order valence-corrected chi connectivity index (χ2v) is 6.74. The minimum Gasteiger partial charge on any atom is -0.373 e. The van der Waals surface area contributed by atoms with Gasteiger partial charge in [-0.15, -0.1) is 0 Å². The first-order valence-electron chi connectivity index (χ1n) is 8.80. The van der Waals surface area contributed by atoms with Gasteiger partial charge in [-0.1, -0.05) is 19.4 Å². The van der Waals surface area contributed by atoms with Crippen LogP contribution in [0.5, 0.6) is 0 Å². The largest absolute Gasteiger partial charge is 0.373 e. The second kappa shape index (κ2) is 7.30. The summed E-state index contributed by atoms with van der Waals surface area (Å²) in [5.74, 6) is 1.22. The Bertz CT molecular complexity index is 512. The van der Waals surface area contributed by atoms with Crippen molar-refractivity contribution in [3.63, 3.8) is 0 Å². The number of hydrogen-bond donors (Lipinski definition) is 1. The lowest BCUT2D eigenvalue weighted by molar-refractivity contribution is -0.136. The van der Waals surface area contributed by atoms with E-state index in [9.17, 15) is 4.79 Å². The molecular weight excluding hydrogens is 290 g/mol. The lowest BCUT2D eigenvalue weighted by atomic mass is 9.87. The molecule has 2 aliphatic rings. The highest BCUT2D eigenvalue weighted by molar-refractivity contribution is 5.76. The van der Waals surface area contributed by atoms with Crippen molar-refractivity contribution < 1.29 is 9.53 Å². The van der Waals surface area contributed by atoms with Gasteiger partial charge in [0.1, 0.15) is 5.82 Å². The van der Waals surface area contributed by atoms with Gasteiger partial charge >= 0.3 is 0 Å². The van der Waals surface area contributed by atoms with Crippen molar-refractivity contribution in [2.75, 3.05) is 25.0 Å². The maximum absolute atomic E-state index is 12.1. The van der Waals surface area contributed by atoms with Crippen LogP contribution in [0.3, 0.4) is 0 Å². The van der Waals surface area contributed by atoms with Gasteiger partial charge in [-0.2, -0.15) is 0 Å². The fourth-order valence-electron chi connectivity index (χ4n) is 3.59. The van der Waals surface area contributed by atoms with Gasteiger partial charge in [0.25, 0.3) is 0 Å². The Morgan fingerprint density at radius 3 is 2.96 bits per heavy atom. The minimum atomic E-state index is -0.0476. The molecule has 1 aromatic rings. The number of nitrogens with zero attached hydrogens (tertiary/aromatic N) is 2. The number of rotatable bonds is 5. The van der Waals surface area contributed by atoms with Gasteiger partial charge in [0.05, 0.1) is 18.2 Å². The van der Waals surface area contributed by atoms with E-state index in [1.54, 1.807) is 6.20 Å². The van der Waals surface area contributed by atoms with Crippen molar-refractivity contribution >= 4 is 11.7 Å². The summed E-state index contributed by atoms with van der Waals surface area (Å²) in [4.78, 5) is 18.5. The van der Waals surface area contributed by atoms with Crippen molar-refractivity contribution in [1.29, 1.82) is 0 Å². The third-order valence-corrected chi connectivity index (χ3v) is 5.00. The fraction of sp³-hybridized carbons (Fsp3) is 0.667. The number of anilines is 1. The van der Waals surface area contributed by atoms with Crippen LogP contribution < -0.4 is 5.32 Å². The Morgan fingerprint density at radius 2 is 2.26 bits per heavy atom. The molecule has 2 fully saturated rings. The Labute approximate surface area is 138 Å². The molecule has 1 spiro atoms. The number of unbranched alkanes of at least 4 members (excludes halogenated alkanes) is 1. The smallest absolute Gasteiger partial charge is 0.222 e. The standard InChI is InChI=1S/C18H27N3O2/c1-2-3-7-17(22)21-11-8-18(9-12-21)13-15(14-23-18)20-16-6-4-5-10-19-16/h4-6,10,15H,2-3,7-9,11-14H2,1H3,(H,19,20)/t15-/m0/s1. The highest BCUT2D eigenvalue weighted by Gasteiger charge is 2.43. The van der Waals surface area contributed by atoms with Crippen LogP contribution in [0, 0.1) is 0 Å². The van der Waals surface area contributed by atoms with Gasteiger partial charge in [0, 0.05) is 25.7 Å². The summed E-state index contributed by atoms with van der Waals surface area (Å²) in [7, 11) is 0. The molecule has 1 aromatic heterocycles. The van der Waals surface area contributed by atoms with Crippen molar-refractivity contribution in [3.05, 3.63) is 24.4 Å². The monoisotopic (exact) mass is 317 g/mol. The maximum atomic E-state index is 12.1. The Kier molecular flexibility index (Phi) is 5.16. The number of aromatic nitrogens is 1. The molecule has 0 aromatic carbocycles. The quantitative estimate of drug-likeness (QED) is 0.907. The number of piperidine rings is 1. The summed E-state index contributed by atoms with van der Waals surface area (Å²) in [5, 5.41) is 3.46. The van der Waals surface area contributed by atoms with E-state index in [4.69, 9.17) is 4.74 Å². The summed E-state index contributed by atoms with van der Waals surface area (Å²) in [6, 6.07) is 6.21. The van der Waals surface area contributed by atoms with Crippen LogP contribution in [0.15, 0.2) is 24.4 Å². The van der Waals surface area contributed by atoms with E-state index in [-0.39, 0.29) is 5.60 Å². The van der Waals surface area contributed by atoms with E-state index < -0.39 is 0 Å². The average molecular weight is 317 g/mol. The molecule has 23 heavy (non-hydrogen) atoms. The number of ether oxygens (including phenoxy) is 1. The molecule has 5 nitrogen and oxygen atoms in total. The summed E-state index contributed by atoms with van der Waals surface area (Å²) >= 11 is 0. The first-order chi connectivity index (χ1) is 11.2. The number of hydrogen-bond acceptors (Lipinski definition) is 4. The van der Waals surface area contributed by atoms with Crippen LogP contribution in [0.25, 0.3) is 0 Å². The van der Waals surface area contributed by atoms with Crippen LogP contribution in [0.4, 0.5) is 5.82 Å². The molecule has 0 bridgehead atoms. The van der Waals surface area contributed by atoms with Gasteiger partial charge < -0.3 is 15.0 Å². The molecule has 3 rings (SSSR count). The molecular formula is C18H27N3O2. The first-order valence-corrected chi connectivity index (χ1v) is 8.80. The van der Waals surface area contributed by atoms with Gasteiger partial charge in [0.15, 0.2) is 0 Å². The second-order valence-electron chi connectivity index (χ2n) is 6.74. The topological polar surface area (TPSA) is 54.5 Å². The molecule has 3 heterocycles. The molecule has 5 heteroatoms. The van der Waals surface area contributed by atoms with E-state index >= 15 is 0 Å². The molecule has 126 valence electrons. The summed E-state index contributed by atoms with van der Waals surface area (Å²) in [6.07, 6.45) is 7.46. The van der Waals surface area contributed by atoms with Gasteiger partial charge in [-0.05, 0) is 37.8 Å². The SMILES string of the molecule is CCCCC(=O)N1CCC2(CC1)C[C@H](Nc1ccccn1)CO2. The zero-order valence-electron chi connectivity index (χ0n) is 14.0. The summed E-state index contributed by atoms with van der Waals surface area (Å²) in [5.41, 5.74) is -0.0476. The number of likely N-dealkylation sites (tertiary alicyclic amines) is 1. The number of nitrogens with one attached hydrogen (secondary N) is 1. The average Bonchev–Trinajstić information content (AvgIpc) is 2.96. The Hall–Kier alpha value is -1.62. The van der Waals surface area contributed by atoms with E-state index in [1.807, 2.05) is 23.1 Å².